The van der Waals surface area contributed by atoms with E-state index >= 15 is 0 Å². The van der Waals surface area contributed by atoms with Crippen molar-refractivity contribution < 1.29 is 14.2 Å². The van der Waals surface area contributed by atoms with Crippen LogP contribution in [0.5, 0.6) is 17.2 Å². The Morgan fingerprint density at radius 1 is 0.741 bits per heavy atom. The van der Waals surface area contributed by atoms with Crippen LogP contribution in [0.15, 0.2) is 60.8 Å². The molecule has 0 unspecified atom stereocenters. The SMILES string of the molecule is COc1ccc2cc(Cc3ccccn3)c3cc(OC)c(OC)cc3c2c1. The number of hydrogen-bond acceptors (Lipinski definition) is 4. The molecule has 0 N–H and O–H groups in total. The molecule has 4 nitrogen and oxygen atoms in total. The van der Waals surface area contributed by atoms with Crippen molar-refractivity contribution >= 4 is 21.5 Å². The molecular weight excluding hydrogens is 338 g/mol. The molecular formula is C23H21NO3. The van der Waals surface area contributed by atoms with E-state index in [4.69, 9.17) is 14.2 Å². The fourth-order valence-electron chi connectivity index (χ4n) is 3.50. The zero-order chi connectivity index (χ0) is 18.8. The quantitative estimate of drug-likeness (QED) is 0.470. The van der Waals surface area contributed by atoms with Crippen LogP contribution in [-0.4, -0.2) is 26.3 Å². The lowest BCUT2D eigenvalue weighted by Crippen LogP contribution is -1.96. The highest BCUT2D eigenvalue weighted by molar-refractivity contribution is 6.10. The Kier molecular flexibility index (Phi) is 4.55. The van der Waals surface area contributed by atoms with Gasteiger partial charge in [0.1, 0.15) is 5.75 Å². The Labute approximate surface area is 158 Å². The zero-order valence-corrected chi connectivity index (χ0v) is 15.7. The predicted octanol–water partition coefficient (Wildman–Crippen LogP) is 5.00. The fourth-order valence-corrected chi connectivity index (χ4v) is 3.50. The Balaban J connectivity index is 2.03. The summed E-state index contributed by atoms with van der Waals surface area (Å²) in [5.41, 5.74) is 2.23. The van der Waals surface area contributed by atoms with Crippen molar-refractivity contribution in [3.8, 4) is 17.2 Å². The second-order valence-electron chi connectivity index (χ2n) is 6.37. The lowest BCUT2D eigenvalue weighted by molar-refractivity contribution is 0.356. The molecule has 27 heavy (non-hydrogen) atoms. The summed E-state index contributed by atoms with van der Waals surface area (Å²) in [5, 5.41) is 4.51. The van der Waals surface area contributed by atoms with Gasteiger partial charge in [-0.1, -0.05) is 18.2 Å². The summed E-state index contributed by atoms with van der Waals surface area (Å²) >= 11 is 0. The molecule has 1 aromatic heterocycles. The van der Waals surface area contributed by atoms with Gasteiger partial charge in [-0.05, 0) is 63.5 Å². The van der Waals surface area contributed by atoms with Crippen LogP contribution in [0.1, 0.15) is 11.3 Å². The number of nitrogens with zero attached hydrogens (tertiary/aromatic N) is 1. The highest BCUT2D eigenvalue weighted by Crippen LogP contribution is 2.39. The molecule has 4 aromatic rings. The molecule has 4 heteroatoms. The van der Waals surface area contributed by atoms with E-state index in [1.54, 1.807) is 21.3 Å². The maximum absolute atomic E-state index is 5.54. The number of benzene rings is 3. The summed E-state index contributed by atoms with van der Waals surface area (Å²) in [6.07, 6.45) is 2.57. The fraction of sp³-hybridized carbons (Fsp3) is 0.174. The first-order valence-electron chi connectivity index (χ1n) is 8.78. The Bertz CT molecular complexity index is 1110. The van der Waals surface area contributed by atoms with Crippen molar-refractivity contribution in [1.29, 1.82) is 0 Å². The first-order valence-corrected chi connectivity index (χ1v) is 8.78. The van der Waals surface area contributed by atoms with Crippen LogP contribution < -0.4 is 14.2 Å². The van der Waals surface area contributed by atoms with Crippen LogP contribution in [0, 0.1) is 0 Å². The molecule has 0 saturated heterocycles. The summed E-state index contributed by atoms with van der Waals surface area (Å²) in [6.45, 7) is 0. The highest BCUT2D eigenvalue weighted by Gasteiger charge is 2.14. The molecule has 0 bridgehead atoms. The van der Waals surface area contributed by atoms with Crippen LogP contribution in [0.3, 0.4) is 0 Å². The molecule has 0 atom stereocenters. The van der Waals surface area contributed by atoms with Gasteiger partial charge >= 0.3 is 0 Å². The van der Waals surface area contributed by atoms with Crippen LogP contribution in [0.2, 0.25) is 0 Å². The van der Waals surface area contributed by atoms with Gasteiger partial charge in [-0.2, -0.15) is 0 Å². The molecule has 0 spiro atoms. The van der Waals surface area contributed by atoms with E-state index in [1.165, 1.54) is 5.56 Å². The maximum Gasteiger partial charge on any atom is 0.161 e. The smallest absolute Gasteiger partial charge is 0.161 e. The minimum atomic E-state index is 0.712. The number of fused-ring (bicyclic) bond motifs is 3. The van der Waals surface area contributed by atoms with Gasteiger partial charge in [-0.3, -0.25) is 4.98 Å². The largest absolute Gasteiger partial charge is 0.497 e. The lowest BCUT2D eigenvalue weighted by atomic mass is 9.94. The summed E-state index contributed by atoms with van der Waals surface area (Å²) in [6, 6.07) is 18.4. The van der Waals surface area contributed by atoms with Crippen molar-refractivity contribution in [3.63, 3.8) is 0 Å². The van der Waals surface area contributed by atoms with Gasteiger partial charge in [0.15, 0.2) is 11.5 Å². The van der Waals surface area contributed by atoms with Crippen molar-refractivity contribution in [2.24, 2.45) is 0 Å². The van der Waals surface area contributed by atoms with Crippen LogP contribution in [-0.2, 0) is 6.42 Å². The number of hydrogen-bond donors (Lipinski definition) is 0. The molecule has 0 fully saturated rings. The molecule has 0 amide bonds. The Morgan fingerprint density at radius 3 is 2.19 bits per heavy atom. The van der Waals surface area contributed by atoms with Gasteiger partial charge in [0.2, 0.25) is 0 Å². The number of methoxy groups -OCH3 is 3. The number of aromatic nitrogens is 1. The predicted molar refractivity (Wildman–Crippen MR) is 108 cm³/mol. The third-order valence-corrected chi connectivity index (χ3v) is 4.85. The topological polar surface area (TPSA) is 40.6 Å². The first-order chi connectivity index (χ1) is 13.2. The molecule has 3 aromatic carbocycles. The summed E-state index contributed by atoms with van der Waals surface area (Å²) in [4.78, 5) is 4.49. The van der Waals surface area contributed by atoms with Gasteiger partial charge < -0.3 is 14.2 Å². The molecule has 1 heterocycles. The van der Waals surface area contributed by atoms with Crippen LogP contribution in [0.4, 0.5) is 0 Å². The van der Waals surface area contributed by atoms with Gasteiger partial charge in [-0.15, -0.1) is 0 Å². The third kappa shape index (κ3) is 3.14. The molecule has 0 aliphatic heterocycles. The number of ether oxygens (including phenoxy) is 3. The number of rotatable bonds is 5. The average molecular weight is 359 g/mol. The molecule has 0 aliphatic carbocycles. The van der Waals surface area contributed by atoms with Gasteiger partial charge in [-0.25, -0.2) is 0 Å². The second-order valence-corrected chi connectivity index (χ2v) is 6.37. The average Bonchev–Trinajstić information content (AvgIpc) is 2.73. The maximum atomic E-state index is 5.54. The van der Waals surface area contributed by atoms with Crippen molar-refractivity contribution in [2.75, 3.05) is 21.3 Å². The normalized spacial score (nSPS) is 10.9. The zero-order valence-electron chi connectivity index (χ0n) is 15.7. The highest BCUT2D eigenvalue weighted by atomic mass is 16.5. The van der Waals surface area contributed by atoms with Gasteiger partial charge in [0.05, 0.1) is 21.3 Å². The Morgan fingerprint density at radius 2 is 1.52 bits per heavy atom. The molecule has 0 radical (unpaired) electrons. The lowest BCUT2D eigenvalue weighted by Gasteiger charge is -2.15. The van der Waals surface area contributed by atoms with Crippen LogP contribution in [0.25, 0.3) is 21.5 Å². The van der Waals surface area contributed by atoms with Gasteiger partial charge in [0, 0.05) is 18.3 Å². The molecule has 4 rings (SSSR count). The van der Waals surface area contributed by atoms with E-state index in [0.29, 0.717) is 5.75 Å². The van der Waals surface area contributed by atoms with Crippen molar-refractivity contribution in [3.05, 3.63) is 72.1 Å². The van der Waals surface area contributed by atoms with E-state index in [2.05, 4.69) is 23.2 Å². The van der Waals surface area contributed by atoms with Crippen molar-refractivity contribution in [1.82, 2.24) is 4.98 Å². The van der Waals surface area contributed by atoms with E-state index in [1.807, 2.05) is 42.6 Å². The summed E-state index contributed by atoms with van der Waals surface area (Å²) in [7, 11) is 5.00. The summed E-state index contributed by atoms with van der Waals surface area (Å²) < 4.78 is 16.5. The standard InChI is InChI=1S/C23H21NO3/c1-25-18-8-7-15-10-16(11-17-6-4-5-9-24-17)20-13-22(26-2)23(27-3)14-21(20)19(15)12-18/h4-10,12-14H,11H2,1-3H3. The third-order valence-electron chi connectivity index (χ3n) is 4.85. The van der Waals surface area contributed by atoms with E-state index in [-0.39, 0.29) is 0 Å². The first kappa shape index (κ1) is 17.2. The Hall–Kier alpha value is -3.27. The minimum Gasteiger partial charge on any atom is -0.497 e. The van der Waals surface area contributed by atoms with Crippen LogP contribution >= 0.6 is 0 Å². The van der Waals surface area contributed by atoms with E-state index < -0.39 is 0 Å². The van der Waals surface area contributed by atoms with E-state index in [0.717, 1.165) is 45.2 Å². The number of pyridine rings is 1. The van der Waals surface area contributed by atoms with Gasteiger partial charge in [0.25, 0.3) is 0 Å². The molecule has 0 aliphatic rings. The van der Waals surface area contributed by atoms with E-state index in [9.17, 15) is 0 Å². The molecule has 0 saturated carbocycles. The van der Waals surface area contributed by atoms with Crippen molar-refractivity contribution in [2.45, 2.75) is 6.42 Å². The monoisotopic (exact) mass is 359 g/mol. The molecule has 136 valence electrons. The summed E-state index contributed by atoms with van der Waals surface area (Å²) in [5.74, 6) is 2.26. The second kappa shape index (κ2) is 7.16. The minimum absolute atomic E-state index is 0.712.